The Bertz CT molecular complexity index is 641. The number of nitrogens with two attached hydrogens (primary N) is 1. The fraction of sp³-hybridized carbons (Fsp3) is 0.381. The molecule has 1 saturated carbocycles. The highest BCUT2D eigenvalue weighted by molar-refractivity contribution is 5.79. The van der Waals surface area contributed by atoms with Crippen LogP contribution >= 0.6 is 0 Å². The van der Waals surface area contributed by atoms with E-state index < -0.39 is 0 Å². The SMILES string of the molecule is NC1CCC(C(=O)NC(CCc2ccccc2)c2ccccc2)C1. The molecule has 1 aliphatic rings. The standard InChI is InChI=1S/C21H26N2O/c22-19-13-12-18(15-19)21(24)23-20(17-9-5-2-6-10-17)14-11-16-7-3-1-4-8-16/h1-10,18-20H,11-15,22H2,(H,23,24). The summed E-state index contributed by atoms with van der Waals surface area (Å²) in [6, 6.07) is 20.9. The van der Waals surface area contributed by atoms with Gasteiger partial charge >= 0.3 is 0 Å². The fourth-order valence-electron chi connectivity index (χ4n) is 3.51. The Hall–Kier alpha value is -2.13. The van der Waals surface area contributed by atoms with Gasteiger partial charge in [0.05, 0.1) is 6.04 Å². The maximum absolute atomic E-state index is 12.6. The van der Waals surface area contributed by atoms with Gasteiger partial charge in [0.2, 0.25) is 5.91 Å². The van der Waals surface area contributed by atoms with Crippen molar-refractivity contribution in [1.82, 2.24) is 5.32 Å². The molecule has 3 rings (SSSR count). The second-order valence-corrected chi connectivity index (χ2v) is 6.77. The van der Waals surface area contributed by atoms with E-state index in [-0.39, 0.29) is 23.9 Å². The number of hydrogen-bond donors (Lipinski definition) is 2. The summed E-state index contributed by atoms with van der Waals surface area (Å²) >= 11 is 0. The van der Waals surface area contributed by atoms with Gasteiger partial charge in [0, 0.05) is 12.0 Å². The van der Waals surface area contributed by atoms with Crippen molar-refractivity contribution >= 4 is 5.91 Å². The first kappa shape index (κ1) is 16.7. The fourth-order valence-corrected chi connectivity index (χ4v) is 3.51. The molecule has 3 unspecified atom stereocenters. The van der Waals surface area contributed by atoms with E-state index in [1.54, 1.807) is 0 Å². The lowest BCUT2D eigenvalue weighted by Gasteiger charge is -2.21. The molecule has 24 heavy (non-hydrogen) atoms. The molecule has 1 amide bonds. The molecule has 0 spiro atoms. The summed E-state index contributed by atoms with van der Waals surface area (Å²) in [4.78, 5) is 12.6. The summed E-state index contributed by atoms with van der Waals surface area (Å²) in [6.07, 6.45) is 4.53. The Kier molecular flexibility index (Phi) is 5.65. The molecular weight excluding hydrogens is 296 g/mol. The number of hydrogen-bond acceptors (Lipinski definition) is 2. The molecule has 0 bridgehead atoms. The molecule has 3 N–H and O–H groups in total. The van der Waals surface area contributed by atoms with E-state index in [4.69, 9.17) is 5.73 Å². The summed E-state index contributed by atoms with van der Waals surface area (Å²) in [5, 5.41) is 3.27. The maximum Gasteiger partial charge on any atom is 0.223 e. The van der Waals surface area contributed by atoms with E-state index in [1.165, 1.54) is 11.1 Å². The van der Waals surface area contributed by atoms with Crippen LogP contribution in [0, 0.1) is 5.92 Å². The molecule has 3 atom stereocenters. The first-order valence-electron chi connectivity index (χ1n) is 8.87. The van der Waals surface area contributed by atoms with Gasteiger partial charge < -0.3 is 11.1 Å². The normalized spacial score (nSPS) is 21.4. The van der Waals surface area contributed by atoms with Crippen molar-refractivity contribution in [2.75, 3.05) is 0 Å². The number of carbonyl (C=O) groups is 1. The average Bonchev–Trinajstić information content (AvgIpc) is 3.06. The number of carbonyl (C=O) groups excluding carboxylic acids is 1. The van der Waals surface area contributed by atoms with E-state index in [9.17, 15) is 4.79 Å². The molecule has 2 aromatic carbocycles. The van der Waals surface area contributed by atoms with E-state index >= 15 is 0 Å². The van der Waals surface area contributed by atoms with Crippen molar-refractivity contribution in [3.8, 4) is 0 Å². The molecule has 0 heterocycles. The van der Waals surface area contributed by atoms with Gasteiger partial charge in [-0.05, 0) is 43.2 Å². The van der Waals surface area contributed by atoms with Gasteiger partial charge in [-0.15, -0.1) is 0 Å². The van der Waals surface area contributed by atoms with Gasteiger partial charge in [0.1, 0.15) is 0 Å². The van der Waals surface area contributed by atoms with Crippen LogP contribution in [0.2, 0.25) is 0 Å². The number of aryl methyl sites for hydroxylation is 1. The molecule has 0 aliphatic heterocycles. The minimum Gasteiger partial charge on any atom is -0.349 e. The van der Waals surface area contributed by atoms with Gasteiger partial charge in [0.25, 0.3) is 0 Å². The van der Waals surface area contributed by atoms with Crippen LogP contribution in [0.25, 0.3) is 0 Å². The Labute approximate surface area is 144 Å². The second kappa shape index (κ2) is 8.11. The highest BCUT2D eigenvalue weighted by atomic mass is 16.1. The number of rotatable bonds is 6. The highest BCUT2D eigenvalue weighted by Gasteiger charge is 2.29. The molecule has 3 heteroatoms. The molecule has 1 aliphatic carbocycles. The second-order valence-electron chi connectivity index (χ2n) is 6.77. The smallest absolute Gasteiger partial charge is 0.223 e. The first-order valence-corrected chi connectivity index (χ1v) is 8.87. The third kappa shape index (κ3) is 4.45. The highest BCUT2D eigenvalue weighted by Crippen LogP contribution is 2.26. The molecule has 1 fully saturated rings. The summed E-state index contributed by atoms with van der Waals surface area (Å²) in [5.41, 5.74) is 8.43. The van der Waals surface area contributed by atoms with Gasteiger partial charge in [-0.3, -0.25) is 4.79 Å². The number of amides is 1. The number of benzene rings is 2. The van der Waals surface area contributed by atoms with E-state index in [1.807, 2.05) is 24.3 Å². The van der Waals surface area contributed by atoms with E-state index in [2.05, 4.69) is 41.7 Å². The summed E-state index contributed by atoms with van der Waals surface area (Å²) in [5.74, 6) is 0.229. The lowest BCUT2D eigenvalue weighted by molar-refractivity contribution is -0.125. The molecule has 2 aromatic rings. The van der Waals surface area contributed by atoms with Crippen molar-refractivity contribution in [3.63, 3.8) is 0 Å². The van der Waals surface area contributed by atoms with Crippen LogP contribution in [0.1, 0.15) is 42.9 Å². The Morgan fingerprint density at radius 2 is 1.71 bits per heavy atom. The zero-order valence-corrected chi connectivity index (χ0v) is 14.0. The van der Waals surface area contributed by atoms with Gasteiger partial charge in [-0.1, -0.05) is 60.7 Å². The quantitative estimate of drug-likeness (QED) is 0.853. The van der Waals surface area contributed by atoms with Crippen LogP contribution in [0.3, 0.4) is 0 Å². The predicted molar refractivity (Wildman–Crippen MR) is 97.4 cm³/mol. The summed E-state index contributed by atoms with van der Waals surface area (Å²) in [7, 11) is 0. The topological polar surface area (TPSA) is 55.1 Å². The lowest BCUT2D eigenvalue weighted by atomic mass is 9.97. The molecule has 0 saturated heterocycles. The van der Waals surface area contributed by atoms with Crippen LogP contribution in [-0.2, 0) is 11.2 Å². The number of nitrogens with one attached hydrogen (secondary N) is 1. The largest absolute Gasteiger partial charge is 0.349 e. The van der Waals surface area contributed by atoms with Crippen molar-refractivity contribution in [1.29, 1.82) is 0 Å². The molecule has 126 valence electrons. The molecule has 0 radical (unpaired) electrons. The van der Waals surface area contributed by atoms with Crippen LogP contribution < -0.4 is 11.1 Å². The van der Waals surface area contributed by atoms with Gasteiger partial charge in [0.15, 0.2) is 0 Å². The lowest BCUT2D eigenvalue weighted by Crippen LogP contribution is -2.34. The first-order chi connectivity index (χ1) is 11.7. The minimum atomic E-state index is 0.0516. The Morgan fingerprint density at radius 3 is 2.33 bits per heavy atom. The van der Waals surface area contributed by atoms with Gasteiger partial charge in [-0.25, -0.2) is 0 Å². The third-order valence-electron chi connectivity index (χ3n) is 4.93. The van der Waals surface area contributed by atoms with Crippen LogP contribution in [0.15, 0.2) is 60.7 Å². The molecular formula is C21H26N2O. The maximum atomic E-state index is 12.6. The predicted octanol–water partition coefficient (Wildman–Crippen LogP) is 3.60. The van der Waals surface area contributed by atoms with Crippen molar-refractivity contribution in [3.05, 3.63) is 71.8 Å². The zero-order valence-electron chi connectivity index (χ0n) is 14.0. The van der Waals surface area contributed by atoms with Crippen LogP contribution in [0.4, 0.5) is 0 Å². The van der Waals surface area contributed by atoms with Crippen LogP contribution in [-0.4, -0.2) is 11.9 Å². The minimum absolute atomic E-state index is 0.0516. The van der Waals surface area contributed by atoms with E-state index in [0.29, 0.717) is 0 Å². The zero-order chi connectivity index (χ0) is 16.8. The van der Waals surface area contributed by atoms with Crippen molar-refractivity contribution in [2.24, 2.45) is 11.7 Å². The average molecular weight is 322 g/mol. The Balaban J connectivity index is 1.67. The summed E-state index contributed by atoms with van der Waals surface area (Å²) < 4.78 is 0. The van der Waals surface area contributed by atoms with Crippen molar-refractivity contribution in [2.45, 2.75) is 44.2 Å². The third-order valence-corrected chi connectivity index (χ3v) is 4.93. The van der Waals surface area contributed by atoms with Crippen molar-refractivity contribution < 1.29 is 4.79 Å². The molecule has 3 nitrogen and oxygen atoms in total. The van der Waals surface area contributed by atoms with E-state index in [0.717, 1.165) is 32.1 Å². The van der Waals surface area contributed by atoms with Crippen LogP contribution in [0.5, 0.6) is 0 Å². The monoisotopic (exact) mass is 322 g/mol. The Morgan fingerprint density at radius 1 is 1.04 bits per heavy atom. The van der Waals surface area contributed by atoms with Gasteiger partial charge in [-0.2, -0.15) is 0 Å². The summed E-state index contributed by atoms with van der Waals surface area (Å²) in [6.45, 7) is 0. The molecule has 0 aromatic heterocycles.